The van der Waals surface area contributed by atoms with Crippen LogP contribution in [0.15, 0.2) is 58.7 Å². The number of methoxy groups -OCH3 is 1. The van der Waals surface area contributed by atoms with Gasteiger partial charge in [0, 0.05) is 37.2 Å². The summed E-state index contributed by atoms with van der Waals surface area (Å²) in [5.41, 5.74) is 1.55. The molecule has 0 amide bonds. The second-order valence-electron chi connectivity index (χ2n) is 6.31. The van der Waals surface area contributed by atoms with E-state index in [1.54, 1.807) is 37.3 Å². The van der Waals surface area contributed by atoms with E-state index in [2.05, 4.69) is 25.1 Å². The maximum atomic E-state index is 12.2. The minimum atomic E-state index is -0.112. The molecular formula is C20H20N6O2S. The molecule has 0 spiro atoms. The third-order valence-electron chi connectivity index (χ3n) is 4.41. The van der Waals surface area contributed by atoms with E-state index < -0.39 is 0 Å². The fourth-order valence-electron chi connectivity index (χ4n) is 2.99. The van der Waals surface area contributed by atoms with Crippen molar-refractivity contribution in [2.75, 3.05) is 19.5 Å². The average Bonchev–Trinajstić information content (AvgIpc) is 3.15. The van der Waals surface area contributed by atoms with Crippen molar-refractivity contribution in [1.82, 2.24) is 29.7 Å². The number of H-pyrrole nitrogens is 1. The molecule has 1 aromatic carbocycles. The number of aromatic amines is 1. The van der Waals surface area contributed by atoms with Gasteiger partial charge in [-0.15, -0.1) is 10.2 Å². The molecule has 0 aliphatic heterocycles. The Labute approximate surface area is 171 Å². The topological polar surface area (TPSA) is 98.6 Å². The van der Waals surface area contributed by atoms with Crippen molar-refractivity contribution < 1.29 is 4.74 Å². The number of pyridine rings is 1. The highest BCUT2D eigenvalue weighted by Gasteiger charge is 2.14. The molecule has 0 radical (unpaired) electrons. The van der Waals surface area contributed by atoms with Crippen LogP contribution in [0.3, 0.4) is 0 Å². The number of thioether (sulfide) groups is 1. The van der Waals surface area contributed by atoms with Crippen molar-refractivity contribution >= 4 is 22.7 Å². The van der Waals surface area contributed by atoms with Gasteiger partial charge >= 0.3 is 0 Å². The third kappa shape index (κ3) is 4.36. The lowest BCUT2D eigenvalue weighted by molar-refractivity contribution is 0.185. The van der Waals surface area contributed by atoms with E-state index in [1.165, 1.54) is 0 Å². The van der Waals surface area contributed by atoms with Crippen LogP contribution < -0.4 is 5.56 Å². The summed E-state index contributed by atoms with van der Waals surface area (Å²) in [4.78, 5) is 23.7. The van der Waals surface area contributed by atoms with E-state index in [1.807, 2.05) is 34.9 Å². The lowest BCUT2D eigenvalue weighted by atomic mass is 10.2. The molecule has 0 saturated heterocycles. The number of para-hydroxylation sites is 1. The summed E-state index contributed by atoms with van der Waals surface area (Å²) in [6.45, 7) is 1.21. The lowest BCUT2D eigenvalue weighted by Crippen LogP contribution is -2.12. The molecule has 148 valence electrons. The van der Waals surface area contributed by atoms with Gasteiger partial charge < -0.3 is 9.72 Å². The Bertz CT molecular complexity index is 1160. The van der Waals surface area contributed by atoms with E-state index in [-0.39, 0.29) is 5.56 Å². The molecule has 0 aliphatic carbocycles. The lowest BCUT2D eigenvalue weighted by Gasteiger charge is -2.09. The smallest absolute Gasteiger partial charge is 0.258 e. The van der Waals surface area contributed by atoms with Crippen molar-refractivity contribution in [1.29, 1.82) is 0 Å². The molecule has 4 rings (SSSR count). The van der Waals surface area contributed by atoms with Gasteiger partial charge in [-0.2, -0.15) is 0 Å². The van der Waals surface area contributed by atoms with Crippen LogP contribution in [0.4, 0.5) is 0 Å². The number of ether oxygens (including phenoxy) is 1. The summed E-state index contributed by atoms with van der Waals surface area (Å²) in [7, 11) is 1.67. The van der Waals surface area contributed by atoms with E-state index in [9.17, 15) is 4.79 Å². The fraction of sp³-hybridized carbons (Fsp3) is 0.250. The second-order valence-corrected chi connectivity index (χ2v) is 7.38. The number of aryl methyl sites for hydroxylation is 1. The van der Waals surface area contributed by atoms with Crippen molar-refractivity contribution in [2.45, 2.75) is 18.1 Å². The molecule has 9 heteroatoms. The van der Waals surface area contributed by atoms with Gasteiger partial charge in [-0.3, -0.25) is 14.3 Å². The van der Waals surface area contributed by atoms with Crippen LogP contribution in [0.2, 0.25) is 0 Å². The van der Waals surface area contributed by atoms with Crippen molar-refractivity contribution in [3.63, 3.8) is 0 Å². The molecular weight excluding hydrogens is 388 g/mol. The van der Waals surface area contributed by atoms with E-state index >= 15 is 0 Å². The van der Waals surface area contributed by atoms with Gasteiger partial charge in [0.25, 0.3) is 5.56 Å². The SMILES string of the molecule is COCCn1c(SCCc2nc3ccccc3c(=O)[nH]2)nnc1-c1ccncc1. The third-order valence-corrected chi connectivity index (χ3v) is 5.37. The molecule has 0 unspecified atom stereocenters. The Morgan fingerprint density at radius 3 is 2.79 bits per heavy atom. The number of benzene rings is 1. The monoisotopic (exact) mass is 408 g/mol. The molecule has 4 aromatic rings. The van der Waals surface area contributed by atoms with Crippen molar-refractivity contribution in [3.8, 4) is 11.4 Å². The molecule has 0 saturated carbocycles. The standard InChI is InChI=1S/C20H20N6O2S/c1-28-12-11-26-18(14-6-9-21-10-7-14)24-25-20(26)29-13-8-17-22-16-5-3-2-4-15(16)19(27)23-17/h2-7,9-10H,8,11-13H2,1H3,(H,22,23,27). The predicted octanol–water partition coefficient (Wildman–Crippen LogP) is 2.56. The number of rotatable bonds is 8. The van der Waals surface area contributed by atoms with Crippen LogP contribution in [0, 0.1) is 0 Å². The fourth-order valence-corrected chi connectivity index (χ4v) is 3.90. The zero-order valence-corrected chi connectivity index (χ0v) is 16.7. The minimum Gasteiger partial charge on any atom is -0.383 e. The number of hydrogen-bond donors (Lipinski definition) is 1. The zero-order valence-electron chi connectivity index (χ0n) is 15.9. The number of aromatic nitrogens is 6. The van der Waals surface area contributed by atoms with Crippen molar-refractivity contribution in [2.24, 2.45) is 0 Å². The van der Waals surface area contributed by atoms with Gasteiger partial charge in [0.1, 0.15) is 5.82 Å². The molecule has 0 fully saturated rings. The zero-order chi connectivity index (χ0) is 20.1. The van der Waals surface area contributed by atoms with Crippen LogP contribution >= 0.6 is 11.8 Å². The number of nitrogens with one attached hydrogen (secondary N) is 1. The first kappa shape index (κ1) is 19.3. The van der Waals surface area contributed by atoms with E-state index in [0.29, 0.717) is 42.1 Å². The Kier molecular flexibility index (Phi) is 5.97. The first-order valence-corrected chi connectivity index (χ1v) is 10.2. The first-order chi connectivity index (χ1) is 14.3. The quantitative estimate of drug-likeness (QED) is 0.447. The van der Waals surface area contributed by atoms with Crippen LogP contribution in [0.5, 0.6) is 0 Å². The van der Waals surface area contributed by atoms with Gasteiger partial charge in [-0.05, 0) is 24.3 Å². The number of nitrogens with zero attached hydrogens (tertiary/aromatic N) is 5. The molecule has 1 N–H and O–H groups in total. The van der Waals surface area contributed by atoms with Gasteiger partial charge in [-0.1, -0.05) is 23.9 Å². The summed E-state index contributed by atoms with van der Waals surface area (Å²) < 4.78 is 7.28. The van der Waals surface area contributed by atoms with Crippen LogP contribution in [-0.4, -0.2) is 49.2 Å². The van der Waals surface area contributed by atoms with Crippen LogP contribution in [0.1, 0.15) is 5.82 Å². The van der Waals surface area contributed by atoms with E-state index in [0.717, 1.165) is 16.5 Å². The highest BCUT2D eigenvalue weighted by molar-refractivity contribution is 7.99. The molecule has 0 bridgehead atoms. The Balaban J connectivity index is 1.51. The average molecular weight is 408 g/mol. The van der Waals surface area contributed by atoms with Crippen molar-refractivity contribution in [3.05, 3.63) is 65.0 Å². The predicted molar refractivity (Wildman–Crippen MR) is 112 cm³/mol. The summed E-state index contributed by atoms with van der Waals surface area (Å²) in [5.74, 6) is 2.16. The number of fused-ring (bicyclic) bond motifs is 1. The highest BCUT2D eigenvalue weighted by atomic mass is 32.2. The molecule has 3 aromatic heterocycles. The summed E-state index contributed by atoms with van der Waals surface area (Å²) in [5, 5.41) is 10.1. The summed E-state index contributed by atoms with van der Waals surface area (Å²) in [6, 6.07) is 11.2. The molecule has 0 atom stereocenters. The summed E-state index contributed by atoms with van der Waals surface area (Å²) in [6.07, 6.45) is 4.09. The Morgan fingerprint density at radius 2 is 1.97 bits per heavy atom. The molecule has 29 heavy (non-hydrogen) atoms. The largest absolute Gasteiger partial charge is 0.383 e. The van der Waals surface area contributed by atoms with Gasteiger partial charge in [0.15, 0.2) is 11.0 Å². The van der Waals surface area contributed by atoms with Gasteiger partial charge in [0.05, 0.1) is 24.1 Å². The van der Waals surface area contributed by atoms with Crippen LogP contribution in [0.25, 0.3) is 22.3 Å². The summed E-state index contributed by atoms with van der Waals surface area (Å²) >= 11 is 1.58. The Morgan fingerprint density at radius 1 is 1.14 bits per heavy atom. The van der Waals surface area contributed by atoms with E-state index in [4.69, 9.17) is 4.74 Å². The van der Waals surface area contributed by atoms with Gasteiger partial charge in [0.2, 0.25) is 0 Å². The second kappa shape index (κ2) is 8.97. The first-order valence-electron chi connectivity index (χ1n) is 9.19. The normalized spacial score (nSPS) is 11.2. The molecule has 0 aliphatic rings. The van der Waals surface area contributed by atoms with Crippen LogP contribution in [-0.2, 0) is 17.7 Å². The minimum absolute atomic E-state index is 0.112. The Hall–Kier alpha value is -3.04. The highest BCUT2D eigenvalue weighted by Crippen LogP contribution is 2.24. The molecule has 3 heterocycles. The van der Waals surface area contributed by atoms with Gasteiger partial charge in [-0.25, -0.2) is 4.98 Å². The number of hydrogen-bond acceptors (Lipinski definition) is 7. The maximum Gasteiger partial charge on any atom is 0.258 e. The maximum absolute atomic E-state index is 12.2. The molecule has 8 nitrogen and oxygen atoms in total.